The predicted molar refractivity (Wildman–Crippen MR) is 108 cm³/mol. The van der Waals surface area contributed by atoms with Crippen LogP contribution in [0.5, 0.6) is 0 Å². The monoisotopic (exact) mass is 406 g/mol. The number of thioether (sulfide) groups is 1. The zero-order chi connectivity index (χ0) is 20.3. The lowest BCUT2D eigenvalue weighted by Gasteiger charge is -2.33. The van der Waals surface area contributed by atoms with Gasteiger partial charge in [-0.05, 0) is 43.0 Å². The number of carboxylic acid groups (broad SMARTS) is 1. The smallest absolute Gasteiger partial charge is 0.303 e. The van der Waals surface area contributed by atoms with Gasteiger partial charge >= 0.3 is 5.97 Å². The number of carboxylic acids is 1. The van der Waals surface area contributed by atoms with Crippen molar-refractivity contribution < 1.29 is 18.7 Å². The molecule has 0 spiro atoms. The number of nitrogens with zero attached hydrogens (tertiary/aromatic N) is 2. The van der Waals surface area contributed by atoms with E-state index in [4.69, 9.17) is 5.11 Å². The number of rotatable bonds is 6. The van der Waals surface area contributed by atoms with Crippen molar-refractivity contribution in [3.8, 4) is 11.3 Å². The first-order valence-electron chi connectivity index (χ1n) is 9.43. The number of benzene rings is 1. The highest BCUT2D eigenvalue weighted by Gasteiger charge is 2.25. The number of carbonyl (C=O) groups is 1. The Morgan fingerprint density at radius 2 is 1.89 bits per heavy atom. The van der Waals surface area contributed by atoms with Crippen LogP contribution in [0, 0.1) is 17.6 Å². The van der Waals surface area contributed by atoms with Crippen molar-refractivity contribution in [1.82, 2.24) is 4.98 Å². The molecule has 0 bridgehead atoms. The van der Waals surface area contributed by atoms with Crippen LogP contribution in [0.3, 0.4) is 0 Å². The van der Waals surface area contributed by atoms with Crippen molar-refractivity contribution in [3.05, 3.63) is 42.0 Å². The summed E-state index contributed by atoms with van der Waals surface area (Å²) in [5.41, 5.74) is 0.908. The number of halogens is 2. The van der Waals surface area contributed by atoms with Crippen LogP contribution in [0.25, 0.3) is 11.3 Å². The normalized spacial score (nSPS) is 15.2. The molecule has 1 aliphatic heterocycles. The third-order valence-electron chi connectivity index (χ3n) is 4.79. The Bertz CT molecular complexity index is 829. The molecule has 1 aromatic heterocycles. The lowest BCUT2D eigenvalue weighted by atomic mass is 9.93. The van der Waals surface area contributed by atoms with E-state index < -0.39 is 17.6 Å². The molecular weight excluding hydrogens is 382 g/mol. The first-order valence-corrected chi connectivity index (χ1v) is 10.3. The molecule has 0 saturated carbocycles. The number of anilines is 1. The first kappa shape index (κ1) is 20.6. The minimum Gasteiger partial charge on any atom is -0.481 e. The van der Waals surface area contributed by atoms with Crippen molar-refractivity contribution in [3.63, 3.8) is 0 Å². The van der Waals surface area contributed by atoms with Crippen molar-refractivity contribution in [2.75, 3.05) is 18.0 Å². The van der Waals surface area contributed by atoms with Gasteiger partial charge in [-0.3, -0.25) is 4.79 Å². The maximum atomic E-state index is 14.8. The molecule has 1 saturated heterocycles. The lowest BCUT2D eigenvalue weighted by Crippen LogP contribution is -2.35. The molecule has 1 N–H and O–H groups in total. The molecule has 0 unspecified atom stereocenters. The average Bonchev–Trinajstić information content (AvgIpc) is 2.62. The van der Waals surface area contributed by atoms with E-state index in [1.807, 2.05) is 12.1 Å². The highest BCUT2D eigenvalue weighted by molar-refractivity contribution is 7.99. The van der Waals surface area contributed by atoms with Crippen LogP contribution in [0.15, 0.2) is 35.4 Å². The van der Waals surface area contributed by atoms with Gasteiger partial charge in [-0.2, -0.15) is 0 Å². The van der Waals surface area contributed by atoms with Crippen LogP contribution in [-0.4, -0.2) is 34.4 Å². The first-order chi connectivity index (χ1) is 13.3. The van der Waals surface area contributed by atoms with E-state index in [9.17, 15) is 13.6 Å². The second-order valence-electron chi connectivity index (χ2n) is 7.34. The number of piperidine rings is 1. The summed E-state index contributed by atoms with van der Waals surface area (Å²) in [5, 5.41) is 10.1. The summed E-state index contributed by atoms with van der Waals surface area (Å²) in [7, 11) is 0. The fraction of sp³-hybridized carbons (Fsp3) is 0.429. The third kappa shape index (κ3) is 5.01. The van der Waals surface area contributed by atoms with Gasteiger partial charge in [-0.15, -0.1) is 11.8 Å². The Balaban J connectivity index is 1.79. The van der Waals surface area contributed by atoms with Crippen LogP contribution in [0.4, 0.5) is 14.5 Å². The van der Waals surface area contributed by atoms with Gasteiger partial charge in [0, 0.05) is 30.3 Å². The van der Waals surface area contributed by atoms with Crippen LogP contribution >= 0.6 is 11.8 Å². The summed E-state index contributed by atoms with van der Waals surface area (Å²) in [5.74, 6) is -2.00. The SMILES string of the molecule is CC(C)Sc1cccc(-c2cc(F)c(N3CCC(CC(=O)O)CC3)c(F)c2)n1. The molecular formula is C21H24F2N2O2S. The highest BCUT2D eigenvalue weighted by Crippen LogP contribution is 2.33. The fourth-order valence-corrected chi connectivity index (χ4v) is 4.30. The summed E-state index contributed by atoms with van der Waals surface area (Å²) in [6.07, 6.45) is 1.33. The fourth-order valence-electron chi connectivity index (χ4n) is 3.51. The summed E-state index contributed by atoms with van der Waals surface area (Å²) in [6, 6.07) is 8.12. The molecule has 28 heavy (non-hydrogen) atoms. The molecule has 1 aromatic carbocycles. The van der Waals surface area contributed by atoms with E-state index in [2.05, 4.69) is 18.8 Å². The van der Waals surface area contributed by atoms with E-state index in [-0.39, 0.29) is 18.0 Å². The average molecular weight is 406 g/mol. The van der Waals surface area contributed by atoms with E-state index in [0.29, 0.717) is 42.4 Å². The number of hydrogen-bond donors (Lipinski definition) is 1. The second kappa shape index (κ2) is 8.90. The van der Waals surface area contributed by atoms with Gasteiger partial charge in [-0.25, -0.2) is 13.8 Å². The number of aromatic nitrogens is 1. The highest BCUT2D eigenvalue weighted by atomic mass is 32.2. The molecule has 0 amide bonds. The molecule has 1 fully saturated rings. The number of pyridine rings is 1. The van der Waals surface area contributed by atoms with E-state index in [1.165, 1.54) is 12.1 Å². The molecule has 0 atom stereocenters. The van der Waals surface area contributed by atoms with Crippen LogP contribution < -0.4 is 4.90 Å². The molecule has 3 rings (SSSR count). The Hall–Kier alpha value is -2.15. The van der Waals surface area contributed by atoms with E-state index in [1.54, 1.807) is 22.7 Å². The Morgan fingerprint density at radius 3 is 2.46 bits per heavy atom. The molecule has 1 aliphatic rings. The maximum Gasteiger partial charge on any atom is 0.303 e. The Kier molecular flexibility index (Phi) is 6.54. The summed E-state index contributed by atoms with van der Waals surface area (Å²) < 4.78 is 29.6. The van der Waals surface area contributed by atoms with Gasteiger partial charge in [-0.1, -0.05) is 19.9 Å². The van der Waals surface area contributed by atoms with Crippen LogP contribution in [0.1, 0.15) is 33.1 Å². The van der Waals surface area contributed by atoms with E-state index >= 15 is 0 Å². The molecule has 4 nitrogen and oxygen atoms in total. The van der Waals surface area contributed by atoms with Crippen molar-refractivity contribution in [1.29, 1.82) is 0 Å². The van der Waals surface area contributed by atoms with Gasteiger partial charge in [0.1, 0.15) is 17.3 Å². The van der Waals surface area contributed by atoms with Gasteiger partial charge in [0.05, 0.1) is 10.7 Å². The Morgan fingerprint density at radius 1 is 1.25 bits per heavy atom. The molecule has 150 valence electrons. The molecule has 2 aromatic rings. The van der Waals surface area contributed by atoms with Crippen LogP contribution in [0.2, 0.25) is 0 Å². The molecule has 0 radical (unpaired) electrons. The third-order valence-corrected chi connectivity index (χ3v) is 5.73. The quantitative estimate of drug-likeness (QED) is 0.667. The minimum absolute atomic E-state index is 0.0368. The summed E-state index contributed by atoms with van der Waals surface area (Å²) in [6.45, 7) is 5.02. The minimum atomic E-state index is -0.828. The predicted octanol–water partition coefficient (Wildman–Crippen LogP) is 5.22. The van der Waals surface area contributed by atoms with Gasteiger partial charge in [0.15, 0.2) is 0 Å². The molecule has 0 aliphatic carbocycles. The summed E-state index contributed by atoms with van der Waals surface area (Å²) in [4.78, 5) is 17.0. The number of hydrogen-bond acceptors (Lipinski definition) is 4. The van der Waals surface area contributed by atoms with Gasteiger partial charge in [0.2, 0.25) is 0 Å². The van der Waals surface area contributed by atoms with Crippen molar-refractivity contribution in [2.24, 2.45) is 5.92 Å². The zero-order valence-electron chi connectivity index (χ0n) is 16.0. The standard InChI is InChI=1S/C21H24F2N2O2S/c1-13(2)28-19-5-3-4-18(24-19)15-11-16(22)21(17(23)12-15)25-8-6-14(7-9-25)10-20(26)27/h3-5,11-14H,6-10H2,1-2H3,(H,26,27). The van der Waals surface area contributed by atoms with Gasteiger partial charge < -0.3 is 10.0 Å². The molecule has 2 heterocycles. The maximum absolute atomic E-state index is 14.8. The van der Waals surface area contributed by atoms with E-state index in [0.717, 1.165) is 5.03 Å². The zero-order valence-corrected chi connectivity index (χ0v) is 16.8. The largest absolute Gasteiger partial charge is 0.481 e. The van der Waals surface area contributed by atoms with Gasteiger partial charge in [0.25, 0.3) is 0 Å². The Labute approximate surface area is 168 Å². The molecule has 7 heteroatoms. The second-order valence-corrected chi connectivity index (χ2v) is 8.94. The van der Waals surface area contributed by atoms with Crippen LogP contribution in [-0.2, 0) is 4.79 Å². The number of aliphatic carboxylic acids is 1. The summed E-state index contributed by atoms with van der Waals surface area (Å²) >= 11 is 1.60. The van der Waals surface area contributed by atoms with Crippen molar-refractivity contribution >= 4 is 23.4 Å². The topological polar surface area (TPSA) is 53.4 Å². The van der Waals surface area contributed by atoms with Crippen molar-refractivity contribution in [2.45, 2.75) is 43.4 Å². The lowest BCUT2D eigenvalue weighted by molar-refractivity contribution is -0.138.